The second kappa shape index (κ2) is 4.60. The molecule has 1 amide bonds. The molecule has 0 N–H and O–H groups in total. The molecule has 2 heterocycles. The molecule has 2 aliphatic heterocycles. The highest BCUT2D eigenvalue weighted by Gasteiger charge is 2.45. The molecule has 0 aromatic carbocycles. The molecule has 0 saturated carbocycles. The average molecular weight is 275 g/mol. The van der Waals surface area contributed by atoms with Crippen molar-refractivity contribution >= 4 is 11.6 Å². The minimum atomic E-state index is -4.66. The molecule has 0 unspecified atom stereocenters. The molecule has 0 aromatic rings. The Morgan fingerprint density at radius 1 is 1.32 bits per heavy atom. The van der Waals surface area contributed by atoms with Crippen molar-refractivity contribution in [3.8, 4) is 0 Å². The molecule has 19 heavy (non-hydrogen) atoms. The highest BCUT2D eigenvalue weighted by molar-refractivity contribution is 6.26. The summed E-state index contributed by atoms with van der Waals surface area (Å²) in [5.41, 5.74) is -1.66. The first kappa shape index (κ1) is 13.4. The fraction of sp³-hybridized carbons (Fsp3) is 0.455. The Balaban J connectivity index is 2.32. The van der Waals surface area contributed by atoms with Crippen molar-refractivity contribution in [3.05, 3.63) is 23.6 Å². The minimum absolute atomic E-state index is 0.427. The largest absolute Gasteiger partial charge is 0.477 e. The van der Waals surface area contributed by atoms with Gasteiger partial charge in [0.05, 0.1) is 12.1 Å². The molecule has 8 heteroatoms. The zero-order valence-electron chi connectivity index (χ0n) is 10.4. The van der Waals surface area contributed by atoms with Crippen LogP contribution in [0.15, 0.2) is 28.7 Å². The van der Waals surface area contributed by atoms with E-state index in [-0.39, 0.29) is 0 Å². The van der Waals surface area contributed by atoms with E-state index in [2.05, 4.69) is 5.10 Å². The van der Waals surface area contributed by atoms with Gasteiger partial charge in [-0.15, -0.1) is 0 Å². The lowest BCUT2D eigenvalue weighted by Gasteiger charge is -2.08. The molecule has 0 radical (unpaired) electrons. The number of hydrogen-bond donors (Lipinski definition) is 0. The van der Waals surface area contributed by atoms with Gasteiger partial charge in [0.2, 0.25) is 0 Å². The highest BCUT2D eigenvalue weighted by atomic mass is 19.4. The van der Waals surface area contributed by atoms with Crippen LogP contribution in [0.1, 0.15) is 0 Å². The van der Waals surface area contributed by atoms with Gasteiger partial charge in [-0.3, -0.25) is 4.79 Å². The molecule has 0 spiro atoms. The topological polar surface area (TPSA) is 45.1 Å². The van der Waals surface area contributed by atoms with Crippen LogP contribution in [0.25, 0.3) is 0 Å². The van der Waals surface area contributed by atoms with Crippen LogP contribution >= 0.6 is 0 Å². The van der Waals surface area contributed by atoms with E-state index in [1.54, 1.807) is 11.9 Å². The van der Waals surface area contributed by atoms with Gasteiger partial charge in [0.1, 0.15) is 6.61 Å². The summed E-state index contributed by atoms with van der Waals surface area (Å²) < 4.78 is 43.4. The minimum Gasteiger partial charge on any atom is -0.477 e. The summed E-state index contributed by atoms with van der Waals surface area (Å²) in [4.78, 5) is 13.3. The number of hydrazone groups is 1. The zero-order chi connectivity index (χ0) is 14.2. The van der Waals surface area contributed by atoms with Gasteiger partial charge < -0.3 is 9.64 Å². The van der Waals surface area contributed by atoms with Crippen molar-refractivity contribution in [2.45, 2.75) is 6.18 Å². The summed E-state index contributed by atoms with van der Waals surface area (Å²) in [6.07, 6.45) is -2.22. The molecule has 2 aliphatic rings. The van der Waals surface area contributed by atoms with Crippen LogP contribution in [-0.4, -0.2) is 55.0 Å². The van der Waals surface area contributed by atoms with E-state index in [1.807, 2.05) is 0 Å². The molecule has 0 atom stereocenters. The summed E-state index contributed by atoms with van der Waals surface area (Å²) >= 11 is 0. The Bertz CT molecular complexity index is 494. The lowest BCUT2D eigenvalue weighted by molar-refractivity contribution is -0.124. The molecule has 0 aliphatic carbocycles. The normalized spacial score (nSPS) is 24.5. The second-order valence-corrected chi connectivity index (χ2v) is 4.13. The van der Waals surface area contributed by atoms with E-state index >= 15 is 0 Å². The van der Waals surface area contributed by atoms with Crippen LogP contribution in [0, 0.1) is 0 Å². The SMILES string of the molecule is CN1N=C(C(F)(F)F)/C(=C\C=C2\OCCN2C)C1=O. The molecule has 104 valence electrons. The van der Waals surface area contributed by atoms with Crippen molar-refractivity contribution in [2.24, 2.45) is 5.10 Å². The molecule has 2 rings (SSSR count). The Morgan fingerprint density at radius 3 is 2.53 bits per heavy atom. The number of likely N-dealkylation sites (N-methyl/N-ethyl adjacent to an activating group) is 2. The van der Waals surface area contributed by atoms with E-state index in [0.717, 1.165) is 6.08 Å². The van der Waals surface area contributed by atoms with Crippen molar-refractivity contribution in [1.82, 2.24) is 9.91 Å². The second-order valence-electron chi connectivity index (χ2n) is 4.13. The Labute approximate surface area is 107 Å². The number of halogens is 3. The molecular formula is C11H12F3N3O2. The number of allylic oxidation sites excluding steroid dienone is 2. The first-order valence-electron chi connectivity index (χ1n) is 5.51. The van der Waals surface area contributed by atoms with Gasteiger partial charge in [0.25, 0.3) is 5.91 Å². The fourth-order valence-electron chi connectivity index (χ4n) is 1.72. The van der Waals surface area contributed by atoms with E-state index in [1.165, 1.54) is 13.1 Å². The summed E-state index contributed by atoms with van der Waals surface area (Å²) in [7, 11) is 2.93. The first-order chi connectivity index (χ1) is 8.80. The van der Waals surface area contributed by atoms with Crippen LogP contribution in [-0.2, 0) is 9.53 Å². The molecular weight excluding hydrogens is 263 g/mol. The number of hydrogen-bond acceptors (Lipinski definition) is 4. The summed E-state index contributed by atoms with van der Waals surface area (Å²) in [6, 6.07) is 0. The van der Waals surface area contributed by atoms with Gasteiger partial charge in [0.15, 0.2) is 11.6 Å². The maximum Gasteiger partial charge on any atom is 0.435 e. The van der Waals surface area contributed by atoms with Crippen LogP contribution in [0.5, 0.6) is 0 Å². The van der Waals surface area contributed by atoms with Crippen LogP contribution < -0.4 is 0 Å². The molecule has 0 bridgehead atoms. The number of carbonyl (C=O) groups is 1. The van der Waals surface area contributed by atoms with E-state index in [4.69, 9.17) is 4.74 Å². The highest BCUT2D eigenvalue weighted by Crippen LogP contribution is 2.28. The van der Waals surface area contributed by atoms with Crippen LogP contribution in [0.2, 0.25) is 0 Å². The van der Waals surface area contributed by atoms with Gasteiger partial charge >= 0.3 is 6.18 Å². The number of nitrogens with zero attached hydrogens (tertiary/aromatic N) is 3. The quantitative estimate of drug-likeness (QED) is 0.673. The van der Waals surface area contributed by atoms with E-state index in [9.17, 15) is 18.0 Å². The van der Waals surface area contributed by atoms with Gasteiger partial charge in [-0.2, -0.15) is 18.3 Å². The van der Waals surface area contributed by atoms with E-state index in [0.29, 0.717) is 24.0 Å². The Morgan fingerprint density at radius 2 is 2.00 bits per heavy atom. The van der Waals surface area contributed by atoms with Crippen molar-refractivity contribution < 1.29 is 22.7 Å². The smallest absolute Gasteiger partial charge is 0.435 e. The Kier molecular flexibility index (Phi) is 3.25. The van der Waals surface area contributed by atoms with E-state index < -0.39 is 23.4 Å². The van der Waals surface area contributed by atoms with Crippen LogP contribution in [0.4, 0.5) is 13.2 Å². The van der Waals surface area contributed by atoms with Crippen molar-refractivity contribution in [3.63, 3.8) is 0 Å². The van der Waals surface area contributed by atoms with Crippen molar-refractivity contribution in [2.75, 3.05) is 27.2 Å². The van der Waals surface area contributed by atoms with Crippen LogP contribution in [0.3, 0.4) is 0 Å². The first-order valence-corrected chi connectivity index (χ1v) is 5.51. The third-order valence-electron chi connectivity index (χ3n) is 2.74. The number of amides is 1. The number of carbonyl (C=O) groups excluding carboxylic acids is 1. The predicted molar refractivity (Wildman–Crippen MR) is 61.0 cm³/mol. The van der Waals surface area contributed by atoms with Gasteiger partial charge in [-0.1, -0.05) is 0 Å². The standard InChI is InChI=1S/C11H12F3N3O2/c1-16-5-6-19-8(16)4-3-7-9(11(12,13)14)15-17(2)10(7)18/h3-4H,5-6H2,1-2H3/b7-3+,8-4+. The third-order valence-corrected chi connectivity index (χ3v) is 2.74. The predicted octanol–water partition coefficient (Wildman–Crippen LogP) is 1.11. The summed E-state index contributed by atoms with van der Waals surface area (Å²) in [5.74, 6) is -0.360. The lowest BCUT2D eigenvalue weighted by atomic mass is 10.1. The molecule has 1 saturated heterocycles. The lowest BCUT2D eigenvalue weighted by Crippen LogP contribution is -2.25. The van der Waals surface area contributed by atoms with Gasteiger partial charge in [-0.25, -0.2) is 5.01 Å². The number of alkyl halides is 3. The third kappa shape index (κ3) is 2.56. The molecule has 5 nitrogen and oxygen atoms in total. The van der Waals surface area contributed by atoms with Crippen molar-refractivity contribution in [1.29, 1.82) is 0 Å². The van der Waals surface area contributed by atoms with Gasteiger partial charge in [-0.05, 0) is 12.2 Å². The molecule has 0 aromatic heterocycles. The average Bonchev–Trinajstić information content (AvgIpc) is 2.82. The summed E-state index contributed by atoms with van der Waals surface area (Å²) in [5, 5.41) is 3.88. The number of ether oxygens (including phenoxy) is 1. The maximum absolute atomic E-state index is 12.7. The fourth-order valence-corrected chi connectivity index (χ4v) is 1.72. The van der Waals surface area contributed by atoms with Gasteiger partial charge in [0, 0.05) is 14.1 Å². The molecule has 1 fully saturated rings. The Hall–Kier alpha value is -1.99. The monoisotopic (exact) mass is 275 g/mol. The number of rotatable bonds is 1. The maximum atomic E-state index is 12.7. The zero-order valence-corrected chi connectivity index (χ0v) is 10.4. The summed E-state index contributed by atoms with van der Waals surface area (Å²) in [6.45, 7) is 1.13.